The van der Waals surface area contributed by atoms with Crippen molar-refractivity contribution in [3.05, 3.63) is 39.9 Å². The van der Waals surface area contributed by atoms with E-state index in [1.54, 1.807) is 12.1 Å². The number of hydrogen-bond acceptors (Lipinski definition) is 3. The van der Waals surface area contributed by atoms with Crippen molar-refractivity contribution >= 4 is 5.69 Å². The van der Waals surface area contributed by atoms with Crippen LogP contribution in [0.15, 0.2) is 24.3 Å². The molecule has 4 heteroatoms. The van der Waals surface area contributed by atoms with Gasteiger partial charge in [0.25, 0.3) is 5.69 Å². The largest absolute Gasteiger partial charge is 0.310 e. The topological polar surface area (TPSA) is 55.2 Å². The molecule has 82 valence electrons. The Morgan fingerprint density at radius 3 is 2.47 bits per heavy atom. The van der Waals surface area contributed by atoms with E-state index >= 15 is 0 Å². The van der Waals surface area contributed by atoms with Crippen LogP contribution in [0.4, 0.5) is 5.69 Å². The van der Waals surface area contributed by atoms with Crippen molar-refractivity contribution in [1.82, 2.24) is 5.32 Å². The number of hydrogen-bond donors (Lipinski definition) is 1. The second-order valence-corrected chi connectivity index (χ2v) is 3.61. The SMILES string of the molecule is CC[C@@H](C)NCc1ccc([N+](=O)[O-])cc1. The molecule has 0 saturated carbocycles. The molecule has 0 amide bonds. The minimum atomic E-state index is -0.383. The zero-order chi connectivity index (χ0) is 11.3. The van der Waals surface area contributed by atoms with Gasteiger partial charge >= 0.3 is 0 Å². The van der Waals surface area contributed by atoms with Crippen LogP contribution in [0.25, 0.3) is 0 Å². The molecule has 0 bridgehead atoms. The lowest BCUT2D eigenvalue weighted by molar-refractivity contribution is -0.384. The lowest BCUT2D eigenvalue weighted by atomic mass is 10.2. The Kier molecular flexibility index (Phi) is 4.24. The number of nitro groups is 1. The van der Waals surface area contributed by atoms with E-state index in [0.29, 0.717) is 6.04 Å². The van der Waals surface area contributed by atoms with Crippen LogP contribution >= 0.6 is 0 Å². The van der Waals surface area contributed by atoms with Gasteiger partial charge in [0.15, 0.2) is 0 Å². The molecule has 1 N–H and O–H groups in total. The highest BCUT2D eigenvalue weighted by Gasteiger charge is 2.04. The van der Waals surface area contributed by atoms with Crippen molar-refractivity contribution in [2.75, 3.05) is 0 Å². The highest BCUT2D eigenvalue weighted by atomic mass is 16.6. The van der Waals surface area contributed by atoms with E-state index in [0.717, 1.165) is 18.5 Å². The highest BCUT2D eigenvalue weighted by Crippen LogP contribution is 2.11. The van der Waals surface area contributed by atoms with Crippen molar-refractivity contribution in [3.8, 4) is 0 Å². The summed E-state index contributed by atoms with van der Waals surface area (Å²) in [6, 6.07) is 7.11. The van der Waals surface area contributed by atoms with Gasteiger partial charge in [-0.2, -0.15) is 0 Å². The molecular weight excluding hydrogens is 192 g/mol. The van der Waals surface area contributed by atoms with Gasteiger partial charge in [-0.15, -0.1) is 0 Å². The Hall–Kier alpha value is -1.42. The van der Waals surface area contributed by atoms with E-state index < -0.39 is 0 Å². The minimum absolute atomic E-state index is 0.141. The first-order valence-electron chi connectivity index (χ1n) is 5.10. The Labute approximate surface area is 89.5 Å². The van der Waals surface area contributed by atoms with E-state index in [-0.39, 0.29) is 10.6 Å². The molecule has 0 aliphatic heterocycles. The summed E-state index contributed by atoms with van der Waals surface area (Å²) in [5.74, 6) is 0. The number of rotatable bonds is 5. The fourth-order valence-corrected chi connectivity index (χ4v) is 1.17. The third-order valence-electron chi connectivity index (χ3n) is 2.41. The monoisotopic (exact) mass is 208 g/mol. The molecule has 0 unspecified atom stereocenters. The summed E-state index contributed by atoms with van der Waals surface area (Å²) in [5, 5.41) is 13.7. The molecule has 4 nitrogen and oxygen atoms in total. The van der Waals surface area contributed by atoms with Gasteiger partial charge in [0.2, 0.25) is 0 Å². The molecule has 0 fully saturated rings. The molecule has 0 saturated heterocycles. The second-order valence-electron chi connectivity index (χ2n) is 3.61. The number of nitrogens with one attached hydrogen (secondary N) is 1. The fraction of sp³-hybridized carbons (Fsp3) is 0.455. The van der Waals surface area contributed by atoms with Crippen molar-refractivity contribution < 1.29 is 4.92 Å². The maximum Gasteiger partial charge on any atom is 0.269 e. The predicted molar refractivity (Wildman–Crippen MR) is 59.7 cm³/mol. The number of non-ortho nitro benzene ring substituents is 1. The van der Waals surface area contributed by atoms with E-state index in [1.165, 1.54) is 12.1 Å². The number of benzene rings is 1. The Bertz CT molecular complexity index is 322. The molecule has 15 heavy (non-hydrogen) atoms. The lowest BCUT2D eigenvalue weighted by Gasteiger charge is -2.10. The average molecular weight is 208 g/mol. The van der Waals surface area contributed by atoms with Gasteiger partial charge in [-0.05, 0) is 18.9 Å². The first kappa shape index (κ1) is 11.7. The number of nitrogens with zero attached hydrogens (tertiary/aromatic N) is 1. The Morgan fingerprint density at radius 2 is 2.00 bits per heavy atom. The van der Waals surface area contributed by atoms with E-state index in [9.17, 15) is 10.1 Å². The predicted octanol–water partition coefficient (Wildman–Crippen LogP) is 2.48. The summed E-state index contributed by atoms with van der Waals surface area (Å²) < 4.78 is 0. The molecule has 0 aromatic heterocycles. The standard InChI is InChI=1S/C11H16N2O2/c1-3-9(2)12-8-10-4-6-11(7-5-10)13(14)15/h4-7,9,12H,3,8H2,1-2H3/t9-/m1/s1. The first-order valence-corrected chi connectivity index (χ1v) is 5.10. The summed E-state index contributed by atoms with van der Waals surface area (Å²) in [6.07, 6.45) is 1.08. The molecule has 1 rings (SSSR count). The molecule has 1 atom stereocenters. The molecule has 1 aromatic carbocycles. The van der Waals surface area contributed by atoms with Gasteiger partial charge < -0.3 is 5.32 Å². The quantitative estimate of drug-likeness (QED) is 0.597. The maximum atomic E-state index is 10.4. The van der Waals surface area contributed by atoms with E-state index in [2.05, 4.69) is 19.2 Å². The summed E-state index contributed by atoms with van der Waals surface area (Å²) in [5.41, 5.74) is 1.21. The van der Waals surface area contributed by atoms with E-state index in [1.807, 2.05) is 0 Å². The third kappa shape index (κ3) is 3.67. The van der Waals surface area contributed by atoms with Gasteiger partial charge in [-0.3, -0.25) is 10.1 Å². The second kappa shape index (κ2) is 5.46. The van der Waals surface area contributed by atoms with Gasteiger partial charge in [0.05, 0.1) is 4.92 Å². The van der Waals surface area contributed by atoms with Crippen LogP contribution in [0.3, 0.4) is 0 Å². The van der Waals surface area contributed by atoms with Gasteiger partial charge in [0, 0.05) is 24.7 Å². The van der Waals surface area contributed by atoms with Crippen molar-refractivity contribution in [3.63, 3.8) is 0 Å². The Morgan fingerprint density at radius 1 is 1.40 bits per heavy atom. The van der Waals surface area contributed by atoms with Crippen LogP contribution in [0, 0.1) is 10.1 Å². The molecular formula is C11H16N2O2. The highest BCUT2D eigenvalue weighted by molar-refractivity contribution is 5.32. The summed E-state index contributed by atoms with van der Waals surface area (Å²) in [6.45, 7) is 4.99. The summed E-state index contributed by atoms with van der Waals surface area (Å²) >= 11 is 0. The van der Waals surface area contributed by atoms with Crippen LogP contribution in [0.5, 0.6) is 0 Å². The van der Waals surface area contributed by atoms with Crippen LogP contribution in [0.1, 0.15) is 25.8 Å². The molecule has 0 radical (unpaired) electrons. The first-order chi connectivity index (χ1) is 7.13. The number of nitro benzene ring substituents is 1. The van der Waals surface area contributed by atoms with Crippen LogP contribution in [-0.4, -0.2) is 11.0 Å². The average Bonchev–Trinajstić information content (AvgIpc) is 2.26. The maximum absolute atomic E-state index is 10.4. The van der Waals surface area contributed by atoms with E-state index in [4.69, 9.17) is 0 Å². The van der Waals surface area contributed by atoms with Crippen LogP contribution in [0.2, 0.25) is 0 Å². The molecule has 0 heterocycles. The summed E-state index contributed by atoms with van der Waals surface area (Å²) in [7, 11) is 0. The van der Waals surface area contributed by atoms with Gasteiger partial charge in [-0.25, -0.2) is 0 Å². The molecule has 0 aliphatic carbocycles. The van der Waals surface area contributed by atoms with Crippen LogP contribution in [-0.2, 0) is 6.54 Å². The van der Waals surface area contributed by atoms with Crippen molar-refractivity contribution in [1.29, 1.82) is 0 Å². The molecule has 1 aromatic rings. The molecule has 0 spiro atoms. The van der Waals surface area contributed by atoms with Crippen molar-refractivity contribution in [2.45, 2.75) is 32.9 Å². The van der Waals surface area contributed by atoms with Gasteiger partial charge in [-0.1, -0.05) is 19.1 Å². The van der Waals surface area contributed by atoms with Crippen molar-refractivity contribution in [2.24, 2.45) is 0 Å². The minimum Gasteiger partial charge on any atom is -0.310 e. The zero-order valence-corrected chi connectivity index (χ0v) is 9.06. The lowest BCUT2D eigenvalue weighted by Crippen LogP contribution is -2.24. The molecule has 0 aliphatic rings. The zero-order valence-electron chi connectivity index (χ0n) is 9.06. The van der Waals surface area contributed by atoms with Gasteiger partial charge in [0.1, 0.15) is 0 Å². The normalized spacial score (nSPS) is 12.4. The summed E-state index contributed by atoms with van der Waals surface area (Å²) in [4.78, 5) is 10.0. The Balaban J connectivity index is 2.53. The smallest absolute Gasteiger partial charge is 0.269 e. The van der Waals surface area contributed by atoms with Crippen LogP contribution < -0.4 is 5.32 Å². The fourth-order valence-electron chi connectivity index (χ4n) is 1.17. The third-order valence-corrected chi connectivity index (χ3v) is 2.41.